The number of likely N-dealkylation sites (tertiary alicyclic amines) is 1. The molecule has 0 spiro atoms. The third-order valence-electron chi connectivity index (χ3n) is 3.48. The molecule has 7 nitrogen and oxygen atoms in total. The lowest BCUT2D eigenvalue weighted by Gasteiger charge is -2.31. The number of amides is 3. The van der Waals surface area contributed by atoms with Crippen molar-refractivity contribution in [2.24, 2.45) is 0 Å². The highest BCUT2D eigenvalue weighted by Crippen LogP contribution is 2.12. The van der Waals surface area contributed by atoms with Crippen LogP contribution in [0.25, 0.3) is 0 Å². The Labute approximate surface area is 123 Å². The van der Waals surface area contributed by atoms with E-state index >= 15 is 0 Å². The summed E-state index contributed by atoms with van der Waals surface area (Å²) >= 11 is 0. The lowest BCUT2D eigenvalue weighted by molar-refractivity contribution is -0.129. The van der Waals surface area contributed by atoms with Gasteiger partial charge >= 0.3 is 6.03 Å². The first-order valence-corrected chi connectivity index (χ1v) is 6.91. The molecule has 1 saturated heterocycles. The zero-order valence-electron chi connectivity index (χ0n) is 12.3. The molecule has 21 heavy (non-hydrogen) atoms. The molecule has 0 radical (unpaired) electrons. The van der Waals surface area contributed by atoms with Gasteiger partial charge in [0, 0.05) is 32.1 Å². The molecule has 2 rings (SSSR count). The van der Waals surface area contributed by atoms with Crippen molar-refractivity contribution in [1.82, 2.24) is 15.2 Å². The minimum absolute atomic E-state index is 0.0854. The number of piperidine rings is 1. The molecule has 7 heteroatoms. The number of methoxy groups -OCH3 is 1. The lowest BCUT2D eigenvalue weighted by Crippen LogP contribution is -2.47. The van der Waals surface area contributed by atoms with Crippen molar-refractivity contribution >= 4 is 17.6 Å². The second-order valence-electron chi connectivity index (χ2n) is 4.97. The smallest absolute Gasteiger partial charge is 0.319 e. The summed E-state index contributed by atoms with van der Waals surface area (Å²) in [5, 5.41) is 5.63. The van der Waals surface area contributed by atoms with Gasteiger partial charge in [0.15, 0.2) is 0 Å². The van der Waals surface area contributed by atoms with E-state index in [1.54, 1.807) is 24.0 Å². The van der Waals surface area contributed by atoms with Crippen molar-refractivity contribution in [2.75, 3.05) is 25.5 Å². The molecule has 1 aromatic rings. The average Bonchev–Trinajstić information content (AvgIpc) is 2.48. The topological polar surface area (TPSA) is 83.6 Å². The fourth-order valence-electron chi connectivity index (χ4n) is 2.27. The predicted octanol–water partition coefficient (Wildman–Crippen LogP) is 1.22. The molecule has 0 aromatic carbocycles. The predicted molar refractivity (Wildman–Crippen MR) is 78.2 cm³/mol. The van der Waals surface area contributed by atoms with Gasteiger partial charge in [-0.3, -0.25) is 4.79 Å². The van der Waals surface area contributed by atoms with Gasteiger partial charge in [0.2, 0.25) is 11.8 Å². The van der Waals surface area contributed by atoms with Crippen molar-refractivity contribution in [3.05, 3.63) is 18.3 Å². The van der Waals surface area contributed by atoms with Crippen molar-refractivity contribution in [3.8, 4) is 5.88 Å². The number of hydrogen-bond acceptors (Lipinski definition) is 4. The van der Waals surface area contributed by atoms with Gasteiger partial charge in [-0.25, -0.2) is 9.78 Å². The van der Waals surface area contributed by atoms with E-state index in [4.69, 9.17) is 4.74 Å². The lowest BCUT2D eigenvalue weighted by atomic mass is 10.1. The van der Waals surface area contributed by atoms with Crippen LogP contribution in [0.1, 0.15) is 19.8 Å². The third-order valence-corrected chi connectivity index (χ3v) is 3.48. The monoisotopic (exact) mass is 292 g/mol. The van der Waals surface area contributed by atoms with Crippen LogP contribution in [-0.4, -0.2) is 48.1 Å². The molecule has 1 fully saturated rings. The summed E-state index contributed by atoms with van der Waals surface area (Å²) in [5.74, 6) is 0.583. The summed E-state index contributed by atoms with van der Waals surface area (Å²) in [6, 6.07) is 3.24. The van der Waals surface area contributed by atoms with Crippen LogP contribution in [0.15, 0.2) is 18.3 Å². The average molecular weight is 292 g/mol. The Hall–Kier alpha value is -2.31. The van der Waals surface area contributed by atoms with Gasteiger partial charge < -0.3 is 20.3 Å². The Kier molecular flexibility index (Phi) is 4.97. The standard InChI is InChI=1S/C14H20N4O3/c1-10(19)18-7-5-11(6-8-18)16-14(20)17-12-3-4-13(21-2)15-9-12/h3-4,9,11H,5-8H2,1-2H3,(H2,16,17,20). The number of ether oxygens (including phenoxy) is 1. The maximum absolute atomic E-state index is 11.9. The Morgan fingerprint density at radius 1 is 1.33 bits per heavy atom. The summed E-state index contributed by atoms with van der Waals surface area (Å²) < 4.78 is 4.95. The van der Waals surface area contributed by atoms with Crippen molar-refractivity contribution in [3.63, 3.8) is 0 Å². The summed E-state index contributed by atoms with van der Waals surface area (Å²) in [5.41, 5.74) is 0.606. The maximum atomic E-state index is 11.9. The van der Waals surface area contributed by atoms with Gasteiger partial charge in [-0.2, -0.15) is 0 Å². The van der Waals surface area contributed by atoms with Crippen molar-refractivity contribution in [2.45, 2.75) is 25.8 Å². The molecule has 1 aliphatic rings. The van der Waals surface area contributed by atoms with E-state index < -0.39 is 0 Å². The van der Waals surface area contributed by atoms with Crippen LogP contribution in [0, 0.1) is 0 Å². The fourth-order valence-corrected chi connectivity index (χ4v) is 2.27. The van der Waals surface area contributed by atoms with Gasteiger partial charge in [0.25, 0.3) is 0 Å². The van der Waals surface area contributed by atoms with Crippen LogP contribution in [0.4, 0.5) is 10.5 Å². The first kappa shape index (κ1) is 15.1. The van der Waals surface area contributed by atoms with Crippen LogP contribution < -0.4 is 15.4 Å². The molecular formula is C14H20N4O3. The Morgan fingerprint density at radius 2 is 2.05 bits per heavy atom. The summed E-state index contributed by atoms with van der Waals surface area (Å²) in [6.07, 6.45) is 3.08. The van der Waals surface area contributed by atoms with Crippen LogP contribution in [0.2, 0.25) is 0 Å². The molecule has 0 bridgehead atoms. The highest BCUT2D eigenvalue weighted by Gasteiger charge is 2.21. The van der Waals surface area contributed by atoms with Crippen LogP contribution in [0.3, 0.4) is 0 Å². The number of hydrogen-bond donors (Lipinski definition) is 2. The zero-order valence-corrected chi connectivity index (χ0v) is 12.3. The number of pyridine rings is 1. The van der Waals surface area contributed by atoms with Crippen LogP contribution >= 0.6 is 0 Å². The van der Waals surface area contributed by atoms with E-state index in [0.29, 0.717) is 24.7 Å². The van der Waals surface area contributed by atoms with E-state index in [-0.39, 0.29) is 18.0 Å². The van der Waals surface area contributed by atoms with Gasteiger partial charge in [-0.1, -0.05) is 0 Å². The molecule has 114 valence electrons. The summed E-state index contributed by atoms with van der Waals surface area (Å²) in [4.78, 5) is 28.9. The number of nitrogens with one attached hydrogen (secondary N) is 2. The second kappa shape index (κ2) is 6.92. The highest BCUT2D eigenvalue weighted by atomic mass is 16.5. The van der Waals surface area contributed by atoms with E-state index in [1.807, 2.05) is 0 Å². The SMILES string of the molecule is COc1ccc(NC(=O)NC2CCN(C(C)=O)CC2)cn1. The summed E-state index contributed by atoms with van der Waals surface area (Å²) in [6.45, 7) is 2.94. The first-order valence-electron chi connectivity index (χ1n) is 6.91. The Bertz CT molecular complexity index is 495. The quantitative estimate of drug-likeness (QED) is 0.877. The van der Waals surface area contributed by atoms with Crippen molar-refractivity contribution in [1.29, 1.82) is 0 Å². The number of rotatable bonds is 3. The number of nitrogens with zero attached hydrogens (tertiary/aromatic N) is 2. The molecule has 1 aromatic heterocycles. The van der Waals surface area contributed by atoms with Gasteiger partial charge in [0.1, 0.15) is 0 Å². The molecule has 0 unspecified atom stereocenters. The molecule has 0 aliphatic carbocycles. The largest absolute Gasteiger partial charge is 0.481 e. The Morgan fingerprint density at radius 3 is 2.57 bits per heavy atom. The first-order chi connectivity index (χ1) is 10.1. The van der Waals surface area contributed by atoms with Crippen LogP contribution in [-0.2, 0) is 4.79 Å². The molecule has 0 saturated carbocycles. The van der Waals surface area contributed by atoms with E-state index in [2.05, 4.69) is 15.6 Å². The number of carbonyl (C=O) groups excluding carboxylic acids is 2. The summed E-state index contributed by atoms with van der Waals surface area (Å²) in [7, 11) is 1.54. The zero-order chi connectivity index (χ0) is 15.2. The minimum Gasteiger partial charge on any atom is -0.481 e. The van der Waals surface area contributed by atoms with E-state index in [1.165, 1.54) is 13.3 Å². The third kappa shape index (κ3) is 4.34. The van der Waals surface area contributed by atoms with Gasteiger partial charge in [-0.05, 0) is 18.9 Å². The van der Waals surface area contributed by atoms with Crippen LogP contribution in [0.5, 0.6) is 5.88 Å². The molecular weight excluding hydrogens is 272 g/mol. The normalized spacial score (nSPS) is 15.4. The number of anilines is 1. The molecule has 2 N–H and O–H groups in total. The molecule has 2 heterocycles. The van der Waals surface area contributed by atoms with Gasteiger partial charge in [-0.15, -0.1) is 0 Å². The maximum Gasteiger partial charge on any atom is 0.319 e. The number of carbonyl (C=O) groups is 2. The van der Waals surface area contributed by atoms with E-state index in [9.17, 15) is 9.59 Å². The number of aromatic nitrogens is 1. The van der Waals surface area contributed by atoms with Gasteiger partial charge in [0.05, 0.1) is 19.0 Å². The molecule has 1 aliphatic heterocycles. The molecule has 0 atom stereocenters. The second-order valence-corrected chi connectivity index (χ2v) is 4.97. The van der Waals surface area contributed by atoms with E-state index in [0.717, 1.165) is 12.8 Å². The Balaban J connectivity index is 1.78. The minimum atomic E-state index is -0.261. The fraction of sp³-hybridized carbons (Fsp3) is 0.500. The van der Waals surface area contributed by atoms with Crippen molar-refractivity contribution < 1.29 is 14.3 Å². The number of urea groups is 1. The highest BCUT2D eigenvalue weighted by molar-refractivity contribution is 5.89. The molecule has 3 amide bonds.